The number of ether oxygens (including phenoxy) is 2. The zero-order valence-electron chi connectivity index (χ0n) is 17.2. The molecule has 0 radical (unpaired) electrons. The Morgan fingerprint density at radius 2 is 1.58 bits per heavy atom. The maximum absolute atomic E-state index is 11.1. The Bertz CT molecular complexity index is 932. The summed E-state index contributed by atoms with van der Waals surface area (Å²) >= 11 is 3.53. The van der Waals surface area contributed by atoms with Crippen molar-refractivity contribution >= 4 is 34.2 Å². The van der Waals surface area contributed by atoms with Gasteiger partial charge in [-0.05, 0) is 51.7 Å². The number of halogens is 2. The minimum atomic E-state index is -0.538. The van der Waals surface area contributed by atoms with Gasteiger partial charge in [0.25, 0.3) is 5.91 Å². The number of rotatable bonds is 10. The highest BCUT2D eigenvalue weighted by molar-refractivity contribution is 9.10. The number of hydrogen-bond acceptors (Lipinski definition) is 4. The van der Waals surface area contributed by atoms with Gasteiger partial charge in [0.05, 0.1) is 17.1 Å². The van der Waals surface area contributed by atoms with Crippen molar-refractivity contribution in [1.29, 1.82) is 0 Å². The number of carbonyl (C=O) groups excluding carboxylic acids is 1. The van der Waals surface area contributed by atoms with E-state index >= 15 is 0 Å². The lowest BCUT2D eigenvalue weighted by atomic mass is 9.98. The maximum atomic E-state index is 11.1. The number of carbonyl (C=O) groups is 1. The van der Waals surface area contributed by atoms with Crippen LogP contribution in [0.1, 0.15) is 29.7 Å². The molecule has 0 bridgehead atoms. The Hall–Kier alpha value is -2.54. The van der Waals surface area contributed by atoms with E-state index in [0.29, 0.717) is 29.1 Å². The Labute approximate surface area is 197 Å². The van der Waals surface area contributed by atoms with Crippen molar-refractivity contribution in [3.63, 3.8) is 0 Å². The molecule has 0 aliphatic rings. The fourth-order valence-corrected chi connectivity index (χ4v) is 3.81. The van der Waals surface area contributed by atoms with Gasteiger partial charge >= 0.3 is 0 Å². The lowest BCUT2D eigenvalue weighted by Gasteiger charge is -2.21. The number of hydrogen-bond donors (Lipinski definition) is 2. The van der Waals surface area contributed by atoms with Gasteiger partial charge in [-0.25, -0.2) is 0 Å². The Morgan fingerprint density at radius 1 is 1.00 bits per heavy atom. The van der Waals surface area contributed by atoms with Crippen LogP contribution in [-0.2, 0) is 11.3 Å². The molecule has 0 aliphatic carbocycles. The van der Waals surface area contributed by atoms with E-state index in [0.717, 1.165) is 5.56 Å². The number of nitrogens with one attached hydrogen (secondary N) is 1. The summed E-state index contributed by atoms with van der Waals surface area (Å²) in [4.78, 5) is 11.1. The second-order valence-corrected chi connectivity index (χ2v) is 7.58. The van der Waals surface area contributed by atoms with Gasteiger partial charge in [-0.1, -0.05) is 60.7 Å². The molecule has 0 heterocycles. The molecular weight excluding hydrogens is 480 g/mol. The minimum absolute atomic E-state index is 0. The van der Waals surface area contributed by atoms with Crippen LogP contribution in [0.25, 0.3) is 0 Å². The van der Waals surface area contributed by atoms with Crippen molar-refractivity contribution < 1.29 is 14.3 Å². The monoisotopic (exact) mass is 504 g/mol. The first kappa shape index (κ1) is 24.7. The summed E-state index contributed by atoms with van der Waals surface area (Å²) in [5, 5.41) is 3.64. The van der Waals surface area contributed by atoms with Crippen LogP contribution in [-0.4, -0.2) is 19.1 Å². The molecular formula is C24H26BrClN2O3. The highest BCUT2D eigenvalue weighted by atomic mass is 79.9. The van der Waals surface area contributed by atoms with Gasteiger partial charge in [0.15, 0.2) is 18.1 Å². The van der Waals surface area contributed by atoms with E-state index < -0.39 is 5.91 Å². The van der Waals surface area contributed by atoms with Crippen molar-refractivity contribution in [2.45, 2.75) is 19.5 Å². The third-order valence-electron chi connectivity index (χ3n) is 4.50. The molecule has 3 rings (SSSR count). The standard InChI is InChI=1S/C24H25BrN2O3.ClH/c1-2-29-21-14-17(13-20(25)24(21)30-16-22(26)28)15-27-23(18-9-5-3-6-10-18)19-11-7-4-8-12-19;/h3-14,23,27H,2,15-16H2,1H3,(H2,26,28);1H. The molecule has 3 N–H and O–H groups in total. The average Bonchev–Trinajstić information content (AvgIpc) is 2.75. The minimum Gasteiger partial charge on any atom is -0.490 e. The van der Waals surface area contributed by atoms with Gasteiger partial charge in [-0.3, -0.25) is 4.79 Å². The summed E-state index contributed by atoms with van der Waals surface area (Å²) in [6.45, 7) is 2.79. The third kappa shape index (κ3) is 6.99. The number of amides is 1. The molecule has 0 atom stereocenters. The summed E-state index contributed by atoms with van der Waals surface area (Å²) in [7, 11) is 0. The molecule has 31 heavy (non-hydrogen) atoms. The van der Waals surface area contributed by atoms with Gasteiger partial charge in [0, 0.05) is 6.54 Å². The van der Waals surface area contributed by atoms with Crippen LogP contribution in [0.4, 0.5) is 0 Å². The first-order chi connectivity index (χ1) is 14.6. The van der Waals surface area contributed by atoms with Gasteiger partial charge < -0.3 is 20.5 Å². The summed E-state index contributed by atoms with van der Waals surface area (Å²) in [5.41, 5.74) is 8.61. The third-order valence-corrected chi connectivity index (χ3v) is 5.09. The summed E-state index contributed by atoms with van der Waals surface area (Å²) < 4.78 is 12.0. The Kier molecular flexibility index (Phi) is 9.85. The highest BCUT2D eigenvalue weighted by Crippen LogP contribution is 2.37. The summed E-state index contributed by atoms with van der Waals surface area (Å²) in [6.07, 6.45) is 0. The summed E-state index contributed by atoms with van der Waals surface area (Å²) in [5.74, 6) is 0.506. The lowest BCUT2D eigenvalue weighted by molar-refractivity contribution is -0.119. The van der Waals surface area contributed by atoms with Gasteiger partial charge in [-0.2, -0.15) is 0 Å². The SMILES string of the molecule is CCOc1cc(CNC(c2ccccc2)c2ccccc2)cc(Br)c1OCC(N)=O.Cl. The average molecular weight is 506 g/mol. The normalized spacial score (nSPS) is 10.4. The van der Waals surface area contributed by atoms with Crippen LogP contribution < -0.4 is 20.5 Å². The fraction of sp³-hybridized carbons (Fsp3) is 0.208. The highest BCUT2D eigenvalue weighted by Gasteiger charge is 2.16. The molecule has 0 fully saturated rings. The second-order valence-electron chi connectivity index (χ2n) is 6.73. The van der Waals surface area contributed by atoms with Crippen LogP contribution in [0.2, 0.25) is 0 Å². The van der Waals surface area contributed by atoms with E-state index in [1.165, 1.54) is 11.1 Å². The number of nitrogens with two attached hydrogens (primary N) is 1. The second kappa shape index (κ2) is 12.3. The van der Waals surface area contributed by atoms with Crippen LogP contribution in [0, 0.1) is 0 Å². The van der Waals surface area contributed by atoms with Gasteiger partial charge in [-0.15, -0.1) is 12.4 Å². The largest absolute Gasteiger partial charge is 0.490 e. The van der Waals surface area contributed by atoms with Crippen LogP contribution >= 0.6 is 28.3 Å². The molecule has 0 saturated heterocycles. The topological polar surface area (TPSA) is 73.6 Å². The molecule has 3 aromatic carbocycles. The zero-order valence-corrected chi connectivity index (χ0v) is 19.6. The molecule has 1 amide bonds. The van der Waals surface area contributed by atoms with E-state index in [4.69, 9.17) is 15.2 Å². The van der Waals surface area contributed by atoms with Crippen LogP contribution in [0.5, 0.6) is 11.5 Å². The molecule has 7 heteroatoms. The molecule has 0 aromatic heterocycles. The molecule has 0 spiro atoms. The Balaban J connectivity index is 0.00000341. The van der Waals surface area contributed by atoms with Crippen molar-refractivity contribution in [2.75, 3.05) is 13.2 Å². The Morgan fingerprint density at radius 3 is 2.10 bits per heavy atom. The molecule has 0 saturated carbocycles. The molecule has 0 unspecified atom stereocenters. The molecule has 164 valence electrons. The van der Waals surface area contributed by atoms with Crippen LogP contribution in [0.3, 0.4) is 0 Å². The lowest BCUT2D eigenvalue weighted by Crippen LogP contribution is -2.22. The predicted molar refractivity (Wildman–Crippen MR) is 129 cm³/mol. The smallest absolute Gasteiger partial charge is 0.255 e. The summed E-state index contributed by atoms with van der Waals surface area (Å²) in [6, 6.07) is 24.6. The predicted octanol–water partition coefficient (Wildman–Crippen LogP) is 5.01. The van der Waals surface area contributed by atoms with E-state index in [-0.39, 0.29) is 25.1 Å². The van der Waals surface area contributed by atoms with Crippen molar-refractivity contribution in [2.24, 2.45) is 5.73 Å². The first-order valence-electron chi connectivity index (χ1n) is 9.78. The number of primary amides is 1. The number of benzene rings is 3. The zero-order chi connectivity index (χ0) is 21.3. The van der Waals surface area contributed by atoms with E-state index in [2.05, 4.69) is 45.5 Å². The maximum Gasteiger partial charge on any atom is 0.255 e. The van der Waals surface area contributed by atoms with Crippen molar-refractivity contribution in [1.82, 2.24) is 5.32 Å². The van der Waals surface area contributed by atoms with E-state index in [1.807, 2.05) is 55.5 Å². The van der Waals surface area contributed by atoms with Crippen molar-refractivity contribution in [3.8, 4) is 11.5 Å². The quantitative estimate of drug-likeness (QED) is 0.406. The van der Waals surface area contributed by atoms with E-state index in [1.54, 1.807) is 0 Å². The van der Waals surface area contributed by atoms with E-state index in [9.17, 15) is 4.79 Å². The van der Waals surface area contributed by atoms with Gasteiger partial charge in [0.1, 0.15) is 0 Å². The molecule has 0 aliphatic heterocycles. The van der Waals surface area contributed by atoms with Crippen LogP contribution in [0.15, 0.2) is 77.3 Å². The molecule has 3 aromatic rings. The van der Waals surface area contributed by atoms with Gasteiger partial charge in [0.2, 0.25) is 0 Å². The fourth-order valence-electron chi connectivity index (χ4n) is 3.21. The van der Waals surface area contributed by atoms with Crippen molar-refractivity contribution in [3.05, 3.63) is 94.0 Å². The molecule has 5 nitrogen and oxygen atoms in total. The first-order valence-corrected chi connectivity index (χ1v) is 10.6.